The number of nitrogens with zero attached hydrogens (tertiary/aromatic N) is 3. The summed E-state index contributed by atoms with van der Waals surface area (Å²) in [6.07, 6.45) is 2.63. The normalized spacial score (nSPS) is 10.6. The Labute approximate surface area is 123 Å². The summed E-state index contributed by atoms with van der Waals surface area (Å²) >= 11 is 5.91. The van der Waals surface area contributed by atoms with E-state index in [0.717, 1.165) is 23.4 Å². The molecule has 6 heteroatoms. The van der Waals surface area contributed by atoms with Crippen LogP contribution in [0, 0.1) is 6.92 Å². The Morgan fingerprint density at radius 3 is 2.80 bits per heavy atom. The second-order valence-electron chi connectivity index (χ2n) is 4.62. The van der Waals surface area contributed by atoms with Crippen molar-refractivity contribution in [2.45, 2.75) is 26.8 Å². The maximum Gasteiger partial charge on any atom is 0.251 e. The fourth-order valence-corrected chi connectivity index (χ4v) is 2.19. The molecule has 2 rings (SSSR count). The highest BCUT2D eigenvalue weighted by Crippen LogP contribution is 2.12. The van der Waals surface area contributed by atoms with Crippen LogP contribution < -0.4 is 5.32 Å². The van der Waals surface area contributed by atoms with Gasteiger partial charge >= 0.3 is 0 Å². The van der Waals surface area contributed by atoms with Crippen molar-refractivity contribution >= 4 is 17.5 Å². The second kappa shape index (κ2) is 6.05. The highest BCUT2D eigenvalue weighted by atomic mass is 35.5. The topological polar surface area (TPSA) is 59.8 Å². The molecule has 1 amide bonds. The highest BCUT2D eigenvalue weighted by molar-refractivity contribution is 6.29. The summed E-state index contributed by atoms with van der Waals surface area (Å²) in [6, 6.07) is 3.34. The number of aryl methyl sites for hydroxylation is 3. The smallest absolute Gasteiger partial charge is 0.251 e. The fraction of sp³-hybridized carbons (Fsp3) is 0.357. The van der Waals surface area contributed by atoms with Crippen molar-refractivity contribution in [3.8, 4) is 0 Å². The van der Waals surface area contributed by atoms with E-state index < -0.39 is 0 Å². The Balaban J connectivity index is 2.08. The van der Waals surface area contributed by atoms with Crippen LogP contribution in [-0.2, 0) is 20.0 Å². The number of halogens is 1. The Hall–Kier alpha value is -1.88. The highest BCUT2D eigenvalue weighted by Gasteiger charge is 2.10. The molecule has 2 aromatic rings. The van der Waals surface area contributed by atoms with E-state index in [0.29, 0.717) is 17.3 Å². The van der Waals surface area contributed by atoms with Crippen LogP contribution in [0.5, 0.6) is 0 Å². The van der Waals surface area contributed by atoms with Gasteiger partial charge in [0.15, 0.2) is 0 Å². The molecule has 0 fully saturated rings. The van der Waals surface area contributed by atoms with Crippen molar-refractivity contribution in [1.82, 2.24) is 20.1 Å². The summed E-state index contributed by atoms with van der Waals surface area (Å²) in [7, 11) is 1.86. The molecular weight excluding hydrogens is 276 g/mol. The molecular formula is C14H17ClN4O. The maximum atomic E-state index is 12.1. The molecule has 0 bridgehead atoms. The van der Waals surface area contributed by atoms with Gasteiger partial charge in [-0.15, -0.1) is 0 Å². The third-order valence-electron chi connectivity index (χ3n) is 3.03. The molecule has 5 nitrogen and oxygen atoms in total. The summed E-state index contributed by atoms with van der Waals surface area (Å²) in [5, 5.41) is 7.45. The monoisotopic (exact) mass is 292 g/mol. The van der Waals surface area contributed by atoms with Gasteiger partial charge in [-0.05, 0) is 25.5 Å². The van der Waals surface area contributed by atoms with Crippen molar-refractivity contribution in [1.29, 1.82) is 0 Å². The van der Waals surface area contributed by atoms with E-state index in [-0.39, 0.29) is 5.91 Å². The second-order valence-corrected chi connectivity index (χ2v) is 5.01. The molecule has 0 aromatic carbocycles. The molecule has 0 spiro atoms. The quantitative estimate of drug-likeness (QED) is 0.880. The molecule has 0 aliphatic carbocycles. The fourth-order valence-electron chi connectivity index (χ4n) is 1.96. The predicted molar refractivity (Wildman–Crippen MR) is 77.7 cm³/mol. The number of nitrogens with one attached hydrogen (secondary N) is 1. The number of amides is 1. The van der Waals surface area contributed by atoms with Gasteiger partial charge < -0.3 is 5.32 Å². The van der Waals surface area contributed by atoms with E-state index in [1.54, 1.807) is 16.8 Å². The van der Waals surface area contributed by atoms with Crippen molar-refractivity contribution in [2.24, 2.45) is 7.05 Å². The van der Waals surface area contributed by atoms with Gasteiger partial charge in [-0.3, -0.25) is 9.48 Å². The maximum absolute atomic E-state index is 12.1. The average molecular weight is 293 g/mol. The molecule has 106 valence electrons. The van der Waals surface area contributed by atoms with E-state index in [1.165, 1.54) is 0 Å². The summed E-state index contributed by atoms with van der Waals surface area (Å²) in [5.74, 6) is -0.160. The first-order valence-corrected chi connectivity index (χ1v) is 6.81. The van der Waals surface area contributed by atoms with E-state index in [2.05, 4.69) is 15.4 Å². The molecule has 20 heavy (non-hydrogen) atoms. The van der Waals surface area contributed by atoms with Crippen LogP contribution in [0.2, 0.25) is 5.15 Å². The first kappa shape index (κ1) is 14.5. The van der Waals surface area contributed by atoms with Crippen molar-refractivity contribution in [2.75, 3.05) is 0 Å². The average Bonchev–Trinajstić information content (AvgIpc) is 2.73. The van der Waals surface area contributed by atoms with Crippen molar-refractivity contribution in [3.63, 3.8) is 0 Å². The van der Waals surface area contributed by atoms with Crippen molar-refractivity contribution < 1.29 is 4.79 Å². The molecule has 0 radical (unpaired) electrons. The standard InChI is InChI=1S/C14H17ClN4O/c1-4-12-5-10(6-13(15)17-12)14(20)16-7-11-8-19(3)18-9(11)2/h5-6,8H,4,7H2,1-3H3,(H,16,20). The molecule has 0 aliphatic heterocycles. The van der Waals surface area contributed by atoms with Gasteiger partial charge in [0.1, 0.15) is 5.15 Å². The number of hydrogen-bond donors (Lipinski definition) is 1. The molecule has 2 heterocycles. The van der Waals surface area contributed by atoms with E-state index in [9.17, 15) is 4.79 Å². The van der Waals surface area contributed by atoms with Crippen molar-refractivity contribution in [3.05, 3.63) is 46.0 Å². The lowest BCUT2D eigenvalue weighted by Gasteiger charge is -2.06. The molecule has 2 aromatic heterocycles. The molecule has 0 unspecified atom stereocenters. The summed E-state index contributed by atoms with van der Waals surface area (Å²) < 4.78 is 1.73. The Morgan fingerprint density at radius 2 is 2.20 bits per heavy atom. The number of hydrogen-bond acceptors (Lipinski definition) is 3. The lowest BCUT2D eigenvalue weighted by molar-refractivity contribution is 0.0950. The zero-order chi connectivity index (χ0) is 14.7. The van der Waals surface area contributed by atoms with Crippen LogP contribution in [0.25, 0.3) is 0 Å². The van der Waals surface area contributed by atoms with E-state index in [1.807, 2.05) is 27.1 Å². The minimum absolute atomic E-state index is 0.160. The van der Waals surface area contributed by atoms with Crippen LogP contribution in [0.1, 0.15) is 34.2 Å². The van der Waals surface area contributed by atoms with Gasteiger partial charge in [0.2, 0.25) is 0 Å². The number of rotatable bonds is 4. The lowest BCUT2D eigenvalue weighted by Crippen LogP contribution is -2.23. The van der Waals surface area contributed by atoms with Gasteiger partial charge in [0.25, 0.3) is 5.91 Å². The van der Waals surface area contributed by atoms with Crippen LogP contribution >= 0.6 is 11.6 Å². The zero-order valence-electron chi connectivity index (χ0n) is 11.8. The Kier molecular flexibility index (Phi) is 4.39. The third kappa shape index (κ3) is 3.36. The minimum atomic E-state index is -0.160. The summed E-state index contributed by atoms with van der Waals surface area (Å²) in [5.41, 5.74) is 3.25. The van der Waals surface area contributed by atoms with Crippen LogP contribution in [0.3, 0.4) is 0 Å². The SMILES string of the molecule is CCc1cc(C(=O)NCc2cn(C)nc2C)cc(Cl)n1. The van der Waals surface area contributed by atoms with E-state index >= 15 is 0 Å². The molecule has 0 saturated heterocycles. The Morgan fingerprint density at radius 1 is 1.45 bits per heavy atom. The number of pyridine rings is 1. The van der Waals surface area contributed by atoms with Gasteiger partial charge in [0.05, 0.1) is 5.69 Å². The lowest BCUT2D eigenvalue weighted by atomic mass is 10.2. The largest absolute Gasteiger partial charge is 0.348 e. The number of aromatic nitrogens is 3. The van der Waals surface area contributed by atoms with E-state index in [4.69, 9.17) is 11.6 Å². The van der Waals surface area contributed by atoms with Crippen LogP contribution in [-0.4, -0.2) is 20.7 Å². The minimum Gasteiger partial charge on any atom is -0.348 e. The molecule has 0 atom stereocenters. The molecule has 0 saturated carbocycles. The zero-order valence-corrected chi connectivity index (χ0v) is 12.5. The van der Waals surface area contributed by atoms with Gasteiger partial charge in [0, 0.05) is 36.6 Å². The van der Waals surface area contributed by atoms with Gasteiger partial charge in [-0.1, -0.05) is 18.5 Å². The molecule has 1 N–H and O–H groups in total. The number of carbonyl (C=O) groups is 1. The first-order valence-electron chi connectivity index (χ1n) is 6.43. The summed E-state index contributed by atoms with van der Waals surface area (Å²) in [4.78, 5) is 16.3. The Bertz CT molecular complexity index is 636. The van der Waals surface area contributed by atoms with Gasteiger partial charge in [-0.25, -0.2) is 4.98 Å². The van der Waals surface area contributed by atoms with Crippen LogP contribution in [0.4, 0.5) is 0 Å². The first-order chi connectivity index (χ1) is 9.49. The predicted octanol–water partition coefficient (Wildman–Crippen LogP) is 2.27. The van der Waals surface area contributed by atoms with Gasteiger partial charge in [-0.2, -0.15) is 5.10 Å². The molecule has 0 aliphatic rings. The van der Waals surface area contributed by atoms with Crippen LogP contribution in [0.15, 0.2) is 18.3 Å². The number of carbonyl (C=O) groups excluding carboxylic acids is 1. The summed E-state index contributed by atoms with van der Waals surface area (Å²) in [6.45, 7) is 4.33. The third-order valence-corrected chi connectivity index (χ3v) is 3.22.